The van der Waals surface area contributed by atoms with E-state index in [0.717, 1.165) is 84.8 Å². The van der Waals surface area contributed by atoms with Crippen LogP contribution in [0.5, 0.6) is 0 Å². The van der Waals surface area contributed by atoms with Crippen LogP contribution in [0.25, 0.3) is 0 Å². The zero-order chi connectivity index (χ0) is 21.4. The molecule has 1 saturated heterocycles. The van der Waals surface area contributed by atoms with Gasteiger partial charge in [-0.3, -0.25) is 14.9 Å². The number of aryl methyl sites for hydroxylation is 2. The molecule has 5 rings (SSSR count). The highest BCUT2D eigenvalue weighted by Crippen LogP contribution is 2.30. The van der Waals surface area contributed by atoms with E-state index in [-0.39, 0.29) is 5.91 Å². The molecule has 31 heavy (non-hydrogen) atoms. The molecule has 1 aliphatic carbocycles. The molecule has 1 aromatic carbocycles. The van der Waals surface area contributed by atoms with Gasteiger partial charge < -0.3 is 4.90 Å². The highest BCUT2D eigenvalue weighted by Gasteiger charge is 2.30. The molecule has 3 heterocycles. The Morgan fingerprint density at radius 3 is 2.81 bits per heavy atom. The molecular weight excluding hydrogens is 408 g/mol. The quantitative estimate of drug-likeness (QED) is 0.637. The molecule has 0 radical (unpaired) electrons. The Balaban J connectivity index is 1.27. The van der Waals surface area contributed by atoms with Crippen LogP contribution >= 0.6 is 11.6 Å². The highest BCUT2D eigenvalue weighted by molar-refractivity contribution is 6.31. The van der Waals surface area contributed by atoms with E-state index in [9.17, 15) is 4.79 Å². The molecule has 2 aliphatic rings. The minimum Gasteiger partial charge on any atom is -0.337 e. The van der Waals surface area contributed by atoms with Gasteiger partial charge in [0.05, 0.1) is 0 Å². The molecule has 0 atom stereocenters. The lowest BCUT2D eigenvalue weighted by Crippen LogP contribution is -2.38. The summed E-state index contributed by atoms with van der Waals surface area (Å²) in [6.45, 7) is 3.55. The maximum Gasteiger partial charge on any atom is 0.274 e. The number of hydrogen-bond donors (Lipinski definition) is 1. The molecule has 1 fully saturated rings. The van der Waals surface area contributed by atoms with Crippen LogP contribution < -0.4 is 0 Å². The Labute approximate surface area is 187 Å². The van der Waals surface area contributed by atoms with Crippen molar-refractivity contribution in [1.82, 2.24) is 20.1 Å². The highest BCUT2D eigenvalue weighted by atomic mass is 35.5. The summed E-state index contributed by atoms with van der Waals surface area (Å²) in [5.74, 6) is 0.452. The standard InChI is InChI=1S/C25H27ClN4O/c1-16-13-17(14-19-5-2-3-7-21(19)26)15-23(27-16)18-9-11-30(12-10-18)25(31)24-20-6-4-8-22(20)28-29-24/h2-3,5,7,13,15,18H,4,6,8-12,14H2,1H3,(H,28,29). The summed E-state index contributed by atoms with van der Waals surface area (Å²) in [6, 6.07) is 12.4. The second-order valence-electron chi connectivity index (χ2n) is 8.76. The van der Waals surface area contributed by atoms with Gasteiger partial charge in [0.15, 0.2) is 5.69 Å². The van der Waals surface area contributed by atoms with Crippen molar-refractivity contribution in [2.24, 2.45) is 0 Å². The van der Waals surface area contributed by atoms with E-state index < -0.39 is 0 Å². The number of nitrogens with one attached hydrogen (secondary N) is 1. The van der Waals surface area contributed by atoms with Gasteiger partial charge in [-0.15, -0.1) is 0 Å². The number of likely N-dealkylation sites (tertiary alicyclic amines) is 1. The van der Waals surface area contributed by atoms with Crippen molar-refractivity contribution in [1.29, 1.82) is 0 Å². The SMILES string of the molecule is Cc1cc(Cc2ccccc2Cl)cc(C2CCN(C(=O)c3n[nH]c4c3CCC4)CC2)n1. The number of fused-ring (bicyclic) bond motifs is 1. The fourth-order valence-electron chi connectivity index (χ4n) is 4.97. The number of hydrogen-bond acceptors (Lipinski definition) is 3. The molecule has 1 amide bonds. The number of nitrogens with zero attached hydrogens (tertiary/aromatic N) is 3. The number of halogens is 1. The van der Waals surface area contributed by atoms with Crippen LogP contribution in [-0.4, -0.2) is 39.1 Å². The van der Waals surface area contributed by atoms with Crippen molar-refractivity contribution in [3.05, 3.63) is 80.9 Å². The molecule has 160 valence electrons. The van der Waals surface area contributed by atoms with E-state index in [1.807, 2.05) is 23.1 Å². The van der Waals surface area contributed by atoms with Crippen LogP contribution in [0, 0.1) is 6.92 Å². The van der Waals surface area contributed by atoms with Crippen molar-refractivity contribution in [2.45, 2.75) is 51.4 Å². The monoisotopic (exact) mass is 434 g/mol. The van der Waals surface area contributed by atoms with Gasteiger partial charge in [0, 0.05) is 46.7 Å². The van der Waals surface area contributed by atoms with E-state index >= 15 is 0 Å². The number of carbonyl (C=O) groups excluding carboxylic acids is 1. The molecule has 0 saturated carbocycles. The second kappa shape index (κ2) is 8.46. The van der Waals surface area contributed by atoms with Gasteiger partial charge in [-0.25, -0.2) is 0 Å². The lowest BCUT2D eigenvalue weighted by molar-refractivity contribution is 0.0705. The van der Waals surface area contributed by atoms with Gasteiger partial charge in [-0.05, 0) is 74.8 Å². The molecule has 6 heteroatoms. The first kappa shape index (κ1) is 20.3. The van der Waals surface area contributed by atoms with Crippen molar-refractivity contribution < 1.29 is 4.79 Å². The predicted molar refractivity (Wildman–Crippen MR) is 122 cm³/mol. The predicted octanol–water partition coefficient (Wildman–Crippen LogP) is 4.87. The Hall–Kier alpha value is -2.66. The third kappa shape index (κ3) is 4.11. The van der Waals surface area contributed by atoms with Gasteiger partial charge in [-0.2, -0.15) is 5.10 Å². The number of H-pyrrole nitrogens is 1. The number of pyridine rings is 1. The minimum atomic E-state index is 0.0782. The van der Waals surface area contributed by atoms with E-state index in [1.165, 1.54) is 5.56 Å². The first-order valence-electron chi connectivity index (χ1n) is 11.1. The van der Waals surface area contributed by atoms with Gasteiger partial charge in [-0.1, -0.05) is 29.8 Å². The fraction of sp³-hybridized carbons (Fsp3) is 0.400. The summed E-state index contributed by atoms with van der Waals surface area (Å²) in [6.07, 6.45) is 5.75. The average Bonchev–Trinajstić information content (AvgIpc) is 3.39. The van der Waals surface area contributed by atoms with Gasteiger partial charge in [0.1, 0.15) is 0 Å². The van der Waals surface area contributed by atoms with Crippen molar-refractivity contribution in [3.63, 3.8) is 0 Å². The van der Waals surface area contributed by atoms with E-state index in [1.54, 1.807) is 0 Å². The van der Waals surface area contributed by atoms with Crippen LogP contribution in [0.3, 0.4) is 0 Å². The number of aromatic amines is 1. The van der Waals surface area contributed by atoms with Gasteiger partial charge >= 0.3 is 0 Å². The molecule has 0 unspecified atom stereocenters. The van der Waals surface area contributed by atoms with Crippen molar-refractivity contribution in [2.75, 3.05) is 13.1 Å². The van der Waals surface area contributed by atoms with Gasteiger partial charge in [0.25, 0.3) is 5.91 Å². The summed E-state index contributed by atoms with van der Waals surface area (Å²) in [7, 11) is 0. The fourth-order valence-corrected chi connectivity index (χ4v) is 5.17. The Kier molecular flexibility index (Phi) is 5.53. The van der Waals surface area contributed by atoms with E-state index in [0.29, 0.717) is 11.6 Å². The first-order chi connectivity index (χ1) is 15.1. The maximum absolute atomic E-state index is 13.0. The number of rotatable bonds is 4. The molecule has 3 aromatic rings. The molecule has 0 spiro atoms. The average molecular weight is 435 g/mol. The van der Waals surface area contributed by atoms with E-state index in [2.05, 4.69) is 35.3 Å². The number of carbonyl (C=O) groups is 1. The van der Waals surface area contributed by atoms with Crippen LogP contribution in [0.2, 0.25) is 5.02 Å². The third-order valence-corrected chi connectivity index (χ3v) is 6.96. The lowest BCUT2D eigenvalue weighted by Gasteiger charge is -2.31. The first-order valence-corrected chi connectivity index (χ1v) is 11.5. The maximum atomic E-state index is 13.0. The zero-order valence-corrected chi connectivity index (χ0v) is 18.6. The van der Waals surface area contributed by atoms with Crippen LogP contribution in [0.1, 0.15) is 69.4 Å². The molecule has 1 aliphatic heterocycles. The summed E-state index contributed by atoms with van der Waals surface area (Å²) >= 11 is 6.37. The molecule has 0 bridgehead atoms. The smallest absolute Gasteiger partial charge is 0.274 e. The molecule has 1 N–H and O–H groups in total. The Morgan fingerprint density at radius 2 is 2.00 bits per heavy atom. The normalized spacial score (nSPS) is 16.5. The second-order valence-corrected chi connectivity index (χ2v) is 9.17. The minimum absolute atomic E-state index is 0.0782. The van der Waals surface area contributed by atoms with Crippen LogP contribution in [0.4, 0.5) is 0 Å². The lowest BCUT2D eigenvalue weighted by atomic mass is 9.91. The molecular formula is C25H27ClN4O. The van der Waals surface area contributed by atoms with Crippen LogP contribution in [0.15, 0.2) is 36.4 Å². The third-order valence-electron chi connectivity index (χ3n) is 6.59. The summed E-state index contributed by atoms with van der Waals surface area (Å²) < 4.78 is 0. The van der Waals surface area contributed by atoms with Crippen molar-refractivity contribution in [3.8, 4) is 0 Å². The van der Waals surface area contributed by atoms with Crippen molar-refractivity contribution >= 4 is 17.5 Å². The summed E-state index contributed by atoms with van der Waals surface area (Å²) in [5.41, 5.74) is 7.46. The molecule has 5 nitrogen and oxygen atoms in total. The van der Waals surface area contributed by atoms with Crippen LogP contribution in [-0.2, 0) is 19.3 Å². The summed E-state index contributed by atoms with van der Waals surface area (Å²) in [4.78, 5) is 19.8. The largest absolute Gasteiger partial charge is 0.337 e. The Bertz CT molecular complexity index is 1110. The van der Waals surface area contributed by atoms with Gasteiger partial charge in [0.2, 0.25) is 0 Å². The number of amides is 1. The number of benzene rings is 1. The van der Waals surface area contributed by atoms with E-state index in [4.69, 9.17) is 16.6 Å². The number of aromatic nitrogens is 3. The number of piperidine rings is 1. The zero-order valence-electron chi connectivity index (χ0n) is 17.8. The molecule has 2 aromatic heterocycles. The topological polar surface area (TPSA) is 61.9 Å². The Morgan fingerprint density at radius 1 is 1.19 bits per heavy atom. The summed E-state index contributed by atoms with van der Waals surface area (Å²) in [5, 5.41) is 8.18.